The Kier molecular flexibility index (Phi) is 12.2. The third-order valence-electron chi connectivity index (χ3n) is 5.23. The van der Waals surface area contributed by atoms with E-state index in [1.807, 2.05) is 0 Å². The van der Waals surface area contributed by atoms with E-state index in [1.54, 1.807) is 26.0 Å². The quantitative estimate of drug-likeness (QED) is 0.0832. The summed E-state index contributed by atoms with van der Waals surface area (Å²) in [5, 5.41) is 26.7. The minimum absolute atomic E-state index is 0.00421. The molecule has 4 atom stereocenters. The lowest BCUT2D eigenvalue weighted by Crippen LogP contribution is -2.58. The van der Waals surface area contributed by atoms with Crippen molar-refractivity contribution >= 4 is 29.7 Å². The molecule has 0 saturated heterocycles. The van der Waals surface area contributed by atoms with Gasteiger partial charge in [-0.05, 0) is 43.4 Å². The first-order valence-corrected chi connectivity index (χ1v) is 11.5. The van der Waals surface area contributed by atoms with Gasteiger partial charge in [-0.25, -0.2) is 4.79 Å². The zero-order valence-electron chi connectivity index (χ0n) is 20.7. The van der Waals surface area contributed by atoms with Crippen LogP contribution in [0.15, 0.2) is 29.3 Å². The third kappa shape index (κ3) is 10.6. The maximum absolute atomic E-state index is 13.1. The molecule has 1 aromatic carbocycles. The molecule has 0 spiro atoms. The van der Waals surface area contributed by atoms with Crippen molar-refractivity contribution in [2.45, 2.75) is 64.2 Å². The van der Waals surface area contributed by atoms with E-state index in [4.69, 9.17) is 17.2 Å². The highest BCUT2D eigenvalue weighted by Gasteiger charge is 2.31. The van der Waals surface area contributed by atoms with Gasteiger partial charge >= 0.3 is 5.97 Å². The van der Waals surface area contributed by atoms with Gasteiger partial charge in [0.15, 0.2) is 5.96 Å². The van der Waals surface area contributed by atoms with Crippen LogP contribution in [-0.2, 0) is 25.6 Å². The first-order chi connectivity index (χ1) is 16.8. The summed E-state index contributed by atoms with van der Waals surface area (Å²) in [4.78, 5) is 53.8. The van der Waals surface area contributed by atoms with Crippen LogP contribution in [0.2, 0.25) is 0 Å². The average molecular weight is 508 g/mol. The number of aliphatic imine (C=N–C) groups is 1. The molecule has 13 nitrogen and oxygen atoms in total. The topological polar surface area (TPSA) is 235 Å². The van der Waals surface area contributed by atoms with Crippen molar-refractivity contribution in [3.8, 4) is 5.75 Å². The summed E-state index contributed by atoms with van der Waals surface area (Å²) in [5.74, 6) is -3.58. The SMILES string of the molecule is CC(N)C(=O)NC(C(=O)NC(Cc1ccc(O)cc1)C(=O)NC(CCCN=C(N)N)C(=O)O)C(C)C. The van der Waals surface area contributed by atoms with Crippen LogP contribution in [0.25, 0.3) is 0 Å². The smallest absolute Gasteiger partial charge is 0.326 e. The van der Waals surface area contributed by atoms with Crippen LogP contribution in [0, 0.1) is 5.92 Å². The Morgan fingerprint density at radius 3 is 2.00 bits per heavy atom. The summed E-state index contributed by atoms with van der Waals surface area (Å²) < 4.78 is 0. The number of phenolic OH excluding ortho intramolecular Hbond substituents is 1. The van der Waals surface area contributed by atoms with Crippen LogP contribution in [0.4, 0.5) is 0 Å². The van der Waals surface area contributed by atoms with Gasteiger partial charge in [0.1, 0.15) is 23.9 Å². The standard InChI is InChI=1S/C23H37N7O6/c1-12(2)18(30-19(32)13(3)24)21(34)29-17(11-14-6-8-15(31)9-7-14)20(33)28-16(22(35)36)5-4-10-27-23(25)26/h6-9,12-13,16-18,31H,4-5,10-11,24H2,1-3H3,(H,28,33)(H,29,34)(H,30,32)(H,35,36)(H4,25,26,27). The van der Waals surface area contributed by atoms with Crippen LogP contribution < -0.4 is 33.2 Å². The summed E-state index contributed by atoms with van der Waals surface area (Å²) in [5.41, 5.74) is 16.7. The highest BCUT2D eigenvalue weighted by atomic mass is 16.4. The number of carbonyl (C=O) groups excluding carboxylic acids is 3. The number of aromatic hydroxyl groups is 1. The maximum Gasteiger partial charge on any atom is 0.326 e. The van der Waals surface area contributed by atoms with Crippen molar-refractivity contribution in [3.63, 3.8) is 0 Å². The lowest BCUT2D eigenvalue weighted by Gasteiger charge is -2.26. The van der Waals surface area contributed by atoms with Gasteiger partial charge in [0.25, 0.3) is 0 Å². The van der Waals surface area contributed by atoms with Gasteiger partial charge in [-0.15, -0.1) is 0 Å². The second kappa shape index (κ2) is 14.5. The van der Waals surface area contributed by atoms with E-state index >= 15 is 0 Å². The summed E-state index contributed by atoms with van der Waals surface area (Å²) >= 11 is 0. The minimum atomic E-state index is -1.26. The number of phenols is 1. The molecule has 0 radical (unpaired) electrons. The first kappa shape index (κ1) is 30.2. The number of carboxylic acids is 1. The Morgan fingerprint density at radius 1 is 0.917 bits per heavy atom. The fraction of sp³-hybridized carbons (Fsp3) is 0.522. The molecule has 0 saturated carbocycles. The van der Waals surface area contributed by atoms with E-state index < -0.39 is 47.9 Å². The average Bonchev–Trinajstić information content (AvgIpc) is 2.79. The van der Waals surface area contributed by atoms with E-state index in [9.17, 15) is 29.4 Å². The number of nitrogens with one attached hydrogen (secondary N) is 3. The molecule has 0 aliphatic rings. The molecular formula is C23H37N7O6. The van der Waals surface area contributed by atoms with Crippen LogP contribution in [0.1, 0.15) is 39.2 Å². The summed E-state index contributed by atoms with van der Waals surface area (Å²) in [6, 6.07) is 1.76. The molecule has 36 heavy (non-hydrogen) atoms. The van der Waals surface area contributed by atoms with E-state index in [-0.39, 0.29) is 37.0 Å². The van der Waals surface area contributed by atoms with Crippen molar-refractivity contribution in [1.82, 2.24) is 16.0 Å². The largest absolute Gasteiger partial charge is 0.508 e. The molecule has 0 aliphatic heterocycles. The van der Waals surface area contributed by atoms with Crippen LogP contribution in [0.3, 0.4) is 0 Å². The monoisotopic (exact) mass is 507 g/mol. The fourth-order valence-corrected chi connectivity index (χ4v) is 3.19. The predicted octanol–water partition coefficient (Wildman–Crippen LogP) is -1.47. The molecule has 0 fully saturated rings. The second-order valence-electron chi connectivity index (χ2n) is 8.80. The van der Waals surface area contributed by atoms with Gasteiger partial charge in [0.05, 0.1) is 6.04 Å². The molecule has 13 heteroatoms. The summed E-state index contributed by atoms with van der Waals surface area (Å²) in [7, 11) is 0. The van der Waals surface area contributed by atoms with Gasteiger partial charge in [-0.3, -0.25) is 19.4 Å². The Labute approximate surface area is 209 Å². The summed E-state index contributed by atoms with van der Waals surface area (Å²) in [6.07, 6.45) is 0.351. The molecule has 0 bridgehead atoms. The number of guanidine groups is 1. The molecule has 3 amide bonds. The predicted molar refractivity (Wildman–Crippen MR) is 134 cm³/mol. The second-order valence-corrected chi connectivity index (χ2v) is 8.80. The number of nitrogens with zero attached hydrogens (tertiary/aromatic N) is 1. The summed E-state index contributed by atoms with van der Waals surface area (Å²) in [6.45, 7) is 5.10. The number of aliphatic carboxylic acids is 1. The molecule has 0 heterocycles. The van der Waals surface area contributed by atoms with Crippen molar-refractivity contribution in [3.05, 3.63) is 29.8 Å². The number of benzene rings is 1. The third-order valence-corrected chi connectivity index (χ3v) is 5.23. The number of hydrogen-bond acceptors (Lipinski definition) is 7. The maximum atomic E-state index is 13.1. The van der Waals surface area contributed by atoms with Gasteiger partial charge < -0.3 is 43.4 Å². The van der Waals surface area contributed by atoms with Gasteiger partial charge in [0, 0.05) is 13.0 Å². The first-order valence-electron chi connectivity index (χ1n) is 11.5. The molecule has 4 unspecified atom stereocenters. The van der Waals surface area contributed by atoms with Gasteiger partial charge in [-0.1, -0.05) is 26.0 Å². The molecule has 0 aromatic heterocycles. The van der Waals surface area contributed by atoms with E-state index in [0.29, 0.717) is 12.0 Å². The van der Waals surface area contributed by atoms with Crippen molar-refractivity contribution < 1.29 is 29.4 Å². The minimum Gasteiger partial charge on any atom is -0.508 e. The number of carbonyl (C=O) groups is 4. The Morgan fingerprint density at radius 2 is 1.50 bits per heavy atom. The van der Waals surface area contributed by atoms with Crippen LogP contribution in [0.5, 0.6) is 5.75 Å². The van der Waals surface area contributed by atoms with Crippen molar-refractivity contribution in [2.24, 2.45) is 28.1 Å². The zero-order chi connectivity index (χ0) is 27.4. The number of carboxylic acid groups (broad SMARTS) is 1. The number of nitrogens with two attached hydrogens (primary N) is 3. The van der Waals surface area contributed by atoms with E-state index in [0.717, 1.165) is 0 Å². The van der Waals surface area contributed by atoms with Crippen LogP contribution in [-0.4, -0.2) is 70.6 Å². The number of hydrogen-bond donors (Lipinski definition) is 8. The molecule has 0 aliphatic carbocycles. The Balaban J connectivity index is 3.08. The fourth-order valence-electron chi connectivity index (χ4n) is 3.19. The normalized spacial score (nSPS) is 14.1. The Bertz CT molecular complexity index is 929. The lowest BCUT2D eigenvalue weighted by atomic mass is 10.00. The van der Waals surface area contributed by atoms with Crippen molar-refractivity contribution in [1.29, 1.82) is 0 Å². The van der Waals surface area contributed by atoms with Gasteiger partial charge in [0.2, 0.25) is 17.7 Å². The lowest BCUT2D eigenvalue weighted by molar-refractivity contribution is -0.142. The molecule has 11 N–H and O–H groups in total. The molecular weight excluding hydrogens is 470 g/mol. The Hall–Kier alpha value is -3.87. The molecule has 200 valence electrons. The highest BCUT2D eigenvalue weighted by Crippen LogP contribution is 2.13. The number of rotatable bonds is 14. The van der Waals surface area contributed by atoms with E-state index in [1.165, 1.54) is 19.1 Å². The van der Waals surface area contributed by atoms with Crippen molar-refractivity contribution in [2.75, 3.05) is 6.54 Å². The van der Waals surface area contributed by atoms with Crippen LogP contribution >= 0.6 is 0 Å². The highest BCUT2D eigenvalue weighted by molar-refractivity contribution is 5.94. The van der Waals surface area contributed by atoms with E-state index in [2.05, 4.69) is 20.9 Å². The molecule has 1 aromatic rings. The van der Waals surface area contributed by atoms with Gasteiger partial charge in [-0.2, -0.15) is 0 Å². The zero-order valence-corrected chi connectivity index (χ0v) is 20.7. The molecule has 1 rings (SSSR count). The number of amides is 3.